The quantitative estimate of drug-likeness (QED) is 0.388. The number of nitrogens with zero attached hydrogens (tertiary/aromatic N) is 1. The van der Waals surface area contributed by atoms with Crippen LogP contribution in [0.3, 0.4) is 0 Å². The van der Waals surface area contributed by atoms with Crippen molar-refractivity contribution < 1.29 is 17.5 Å². The second kappa shape index (κ2) is 8.10. The van der Waals surface area contributed by atoms with Crippen LogP contribution in [-0.2, 0) is 10.1 Å². The second-order valence-electron chi connectivity index (χ2n) is 6.96. The summed E-state index contributed by atoms with van der Waals surface area (Å²) < 4.78 is 33.3. The second-order valence-corrected chi connectivity index (χ2v) is 8.34. The van der Waals surface area contributed by atoms with E-state index in [0.717, 1.165) is 16.9 Å². The molecule has 0 radical (unpaired) electrons. The van der Waals surface area contributed by atoms with Gasteiger partial charge in [-0.1, -0.05) is 54.1 Å². The fourth-order valence-corrected chi connectivity index (χ4v) is 3.76. The molecule has 1 aliphatic heterocycles. The Morgan fingerprint density at radius 3 is 2.23 bits per heavy atom. The third kappa shape index (κ3) is 4.25. The van der Waals surface area contributed by atoms with E-state index in [1.807, 2.05) is 13.0 Å². The van der Waals surface area contributed by atoms with Crippen molar-refractivity contribution in [2.75, 3.05) is 5.32 Å². The first-order chi connectivity index (χ1) is 14.4. The highest BCUT2D eigenvalue weighted by Gasteiger charge is 2.19. The van der Waals surface area contributed by atoms with Gasteiger partial charge in [0.05, 0.1) is 4.90 Å². The third-order valence-electron chi connectivity index (χ3n) is 4.78. The summed E-state index contributed by atoms with van der Waals surface area (Å²) in [4.78, 5) is -0.178. The van der Waals surface area contributed by atoms with Gasteiger partial charge in [-0.3, -0.25) is 0 Å². The molecule has 0 unspecified atom stereocenters. The number of anilines is 1. The molecule has 0 aliphatic carbocycles. The fourth-order valence-electron chi connectivity index (χ4n) is 3.29. The summed E-state index contributed by atoms with van der Waals surface area (Å²) >= 11 is 0. The van der Waals surface area contributed by atoms with Crippen LogP contribution < -0.4 is 9.88 Å². The number of aromatic nitrogens is 1. The predicted molar refractivity (Wildman–Crippen MR) is 118 cm³/mol. The van der Waals surface area contributed by atoms with Crippen LogP contribution in [0.5, 0.6) is 0 Å². The van der Waals surface area contributed by atoms with Crippen molar-refractivity contribution in [1.82, 2.24) is 0 Å². The van der Waals surface area contributed by atoms with E-state index in [1.54, 1.807) is 12.1 Å². The van der Waals surface area contributed by atoms with Crippen molar-refractivity contribution in [3.05, 3.63) is 102 Å². The van der Waals surface area contributed by atoms with Gasteiger partial charge in [-0.05, 0) is 37.3 Å². The van der Waals surface area contributed by atoms with E-state index in [2.05, 4.69) is 76.9 Å². The Bertz CT molecular complexity index is 1330. The average molecular weight is 417 g/mol. The van der Waals surface area contributed by atoms with E-state index in [1.165, 1.54) is 28.6 Å². The number of nitrogens with one attached hydrogen (secondary N) is 1. The Hall–Kier alpha value is -3.48. The van der Waals surface area contributed by atoms with Gasteiger partial charge in [0.2, 0.25) is 5.52 Å². The van der Waals surface area contributed by atoms with Crippen LogP contribution in [0, 0.1) is 6.92 Å². The molecule has 2 heterocycles. The molecule has 3 aromatic carbocycles. The normalized spacial score (nSPS) is 12.4. The van der Waals surface area contributed by atoms with E-state index in [-0.39, 0.29) is 4.90 Å². The van der Waals surface area contributed by atoms with Crippen LogP contribution in [0.15, 0.2) is 96.0 Å². The number of hydrogen-bond donors (Lipinski definition) is 1. The molecule has 30 heavy (non-hydrogen) atoms. The molecule has 0 fully saturated rings. The number of hydrogen-bond acceptors (Lipinski definition) is 4. The van der Waals surface area contributed by atoms with Crippen LogP contribution in [0.1, 0.15) is 11.1 Å². The summed E-state index contributed by atoms with van der Waals surface area (Å²) in [6.45, 7) is 1.82. The first kappa shape index (κ1) is 19.8. The van der Waals surface area contributed by atoms with Gasteiger partial charge in [0.15, 0.2) is 12.4 Å². The van der Waals surface area contributed by atoms with E-state index in [9.17, 15) is 13.0 Å². The molecule has 0 atom stereocenters. The van der Waals surface area contributed by atoms with E-state index in [4.69, 9.17) is 0 Å². The van der Waals surface area contributed by atoms with Gasteiger partial charge in [-0.25, -0.2) is 8.42 Å². The van der Waals surface area contributed by atoms with Gasteiger partial charge in [-0.15, -0.1) is 0 Å². The van der Waals surface area contributed by atoms with Gasteiger partial charge < -0.3 is 9.87 Å². The van der Waals surface area contributed by atoms with Crippen molar-refractivity contribution >= 4 is 38.6 Å². The first-order valence-corrected chi connectivity index (χ1v) is 10.8. The topological polar surface area (TPSA) is 73.1 Å². The van der Waals surface area contributed by atoms with Crippen LogP contribution in [0.2, 0.25) is 0 Å². The van der Waals surface area contributed by atoms with Crippen LogP contribution in [-0.4, -0.2) is 13.0 Å². The number of para-hydroxylation sites is 1. The molecule has 150 valence electrons. The van der Waals surface area contributed by atoms with Gasteiger partial charge >= 0.3 is 0 Å². The number of aryl methyl sites for hydroxylation is 1. The zero-order chi connectivity index (χ0) is 21.1. The van der Waals surface area contributed by atoms with E-state index < -0.39 is 10.1 Å². The molecule has 0 bridgehead atoms. The minimum atomic E-state index is -4.27. The molecule has 1 aliphatic rings. The Labute approximate surface area is 175 Å². The SMILES string of the molecule is C1=C(c2ccccc2)Nc2cccc3ccc[n+]1c23.Cc1ccc(S(=O)(=O)[O-])cc1. The van der Waals surface area contributed by atoms with Gasteiger partial charge in [0.1, 0.15) is 21.5 Å². The highest BCUT2D eigenvalue weighted by molar-refractivity contribution is 7.85. The molecule has 5 rings (SSSR count). The molecular weight excluding hydrogens is 396 g/mol. The Morgan fingerprint density at radius 2 is 1.53 bits per heavy atom. The highest BCUT2D eigenvalue weighted by Crippen LogP contribution is 2.27. The van der Waals surface area contributed by atoms with E-state index >= 15 is 0 Å². The Morgan fingerprint density at radius 1 is 0.833 bits per heavy atom. The number of rotatable bonds is 2. The summed E-state index contributed by atoms with van der Waals surface area (Å²) in [5.74, 6) is 0. The molecule has 4 aromatic rings. The average Bonchev–Trinajstić information content (AvgIpc) is 2.75. The molecule has 5 nitrogen and oxygen atoms in total. The maximum atomic E-state index is 10.4. The summed E-state index contributed by atoms with van der Waals surface area (Å²) in [5, 5.41) is 4.76. The summed E-state index contributed by atoms with van der Waals surface area (Å²) in [6, 6.07) is 26.7. The number of pyridine rings is 1. The minimum Gasteiger partial charge on any atom is -0.744 e. The van der Waals surface area contributed by atoms with Crippen molar-refractivity contribution in [3.8, 4) is 0 Å². The Kier molecular flexibility index (Phi) is 5.35. The van der Waals surface area contributed by atoms with Crippen molar-refractivity contribution in [2.24, 2.45) is 0 Å². The van der Waals surface area contributed by atoms with Gasteiger partial charge in [-0.2, -0.15) is 4.57 Å². The monoisotopic (exact) mass is 416 g/mol. The number of benzene rings is 3. The lowest BCUT2D eigenvalue weighted by Gasteiger charge is -2.14. The zero-order valence-corrected chi connectivity index (χ0v) is 17.1. The van der Waals surface area contributed by atoms with Crippen LogP contribution in [0.25, 0.3) is 22.8 Å². The summed E-state index contributed by atoms with van der Waals surface area (Å²) in [6.07, 6.45) is 4.24. The lowest BCUT2D eigenvalue weighted by molar-refractivity contribution is -0.538. The highest BCUT2D eigenvalue weighted by atomic mass is 32.2. The minimum absolute atomic E-state index is 0.178. The van der Waals surface area contributed by atoms with Crippen molar-refractivity contribution in [3.63, 3.8) is 0 Å². The lowest BCUT2D eigenvalue weighted by atomic mass is 10.1. The maximum Gasteiger partial charge on any atom is 0.241 e. The summed E-state index contributed by atoms with van der Waals surface area (Å²) in [7, 11) is -4.27. The standard InChI is InChI=1S/C17H13N2.C7H8O3S/c1-2-6-13(7-3-1)16-12-19-11-5-9-14-8-4-10-15(18-16)17(14)19;1-6-2-4-7(5-3-6)11(8,9)10/h1-12,18H;2-5H,1H3,(H,8,9,10)/q+1;/p-1. The third-order valence-corrected chi connectivity index (χ3v) is 5.63. The van der Waals surface area contributed by atoms with Crippen LogP contribution in [0.4, 0.5) is 5.69 Å². The Balaban J connectivity index is 0.000000170. The first-order valence-electron chi connectivity index (χ1n) is 9.41. The maximum absolute atomic E-state index is 10.4. The molecule has 0 saturated heterocycles. The molecular formula is C24H20N2O3S. The largest absolute Gasteiger partial charge is 0.744 e. The summed E-state index contributed by atoms with van der Waals surface area (Å²) in [5.41, 5.74) is 5.62. The molecule has 1 N–H and O–H groups in total. The smallest absolute Gasteiger partial charge is 0.241 e. The molecule has 0 amide bonds. The predicted octanol–water partition coefficient (Wildman–Crippen LogP) is 4.41. The molecule has 0 spiro atoms. The van der Waals surface area contributed by atoms with Gasteiger partial charge in [0.25, 0.3) is 0 Å². The molecule has 1 aromatic heterocycles. The van der Waals surface area contributed by atoms with E-state index in [0.29, 0.717) is 0 Å². The lowest BCUT2D eigenvalue weighted by Crippen LogP contribution is -2.31. The van der Waals surface area contributed by atoms with Crippen molar-refractivity contribution in [1.29, 1.82) is 0 Å². The fraction of sp³-hybridized carbons (Fsp3) is 0.0417. The molecule has 6 heteroatoms. The van der Waals surface area contributed by atoms with Crippen molar-refractivity contribution in [2.45, 2.75) is 11.8 Å². The van der Waals surface area contributed by atoms with Crippen LogP contribution >= 0.6 is 0 Å². The molecule has 0 saturated carbocycles. The zero-order valence-electron chi connectivity index (χ0n) is 16.3. The van der Waals surface area contributed by atoms with Gasteiger partial charge in [0, 0.05) is 17.0 Å².